The van der Waals surface area contributed by atoms with Gasteiger partial charge in [-0.3, -0.25) is 4.79 Å². The predicted octanol–water partition coefficient (Wildman–Crippen LogP) is 5.55. The van der Waals surface area contributed by atoms with Gasteiger partial charge in [0.2, 0.25) is 0 Å². The Hall–Kier alpha value is -3.18. The Morgan fingerprint density at radius 2 is 1.59 bits per heavy atom. The first-order valence-electron chi connectivity index (χ1n) is 8.54. The third-order valence-corrected chi connectivity index (χ3v) is 5.69. The second kappa shape index (κ2) is 8.75. The van der Waals surface area contributed by atoms with Crippen LogP contribution in [0.2, 0.25) is 5.02 Å². The van der Waals surface area contributed by atoms with Gasteiger partial charge in [0.15, 0.2) is 11.6 Å². The van der Waals surface area contributed by atoms with Gasteiger partial charge in [-0.25, -0.2) is 21.9 Å². The smallest absolute Gasteiger partial charge is 0.417 e. The van der Waals surface area contributed by atoms with Crippen molar-refractivity contribution in [3.8, 4) is 11.5 Å². The number of carbonyl (C=O) groups excluding carboxylic acids is 1. The van der Waals surface area contributed by atoms with Crippen molar-refractivity contribution in [2.75, 3.05) is 0 Å². The first-order valence-corrected chi connectivity index (χ1v) is 10.4. The van der Waals surface area contributed by atoms with Gasteiger partial charge in [-0.2, -0.15) is 13.2 Å². The number of hydrogen-bond acceptors (Lipinski definition) is 4. The van der Waals surface area contributed by atoms with E-state index < -0.39 is 61.4 Å². The second-order valence-electron chi connectivity index (χ2n) is 6.25. The molecule has 0 spiro atoms. The highest BCUT2D eigenvalue weighted by molar-refractivity contribution is 7.90. The first kappa shape index (κ1) is 23.5. The summed E-state index contributed by atoms with van der Waals surface area (Å²) in [5, 5.41) is -0.622. The molecule has 0 saturated carbocycles. The summed E-state index contributed by atoms with van der Waals surface area (Å²) in [6, 6.07) is 9.82. The van der Waals surface area contributed by atoms with Crippen LogP contribution < -0.4 is 9.46 Å². The van der Waals surface area contributed by atoms with Crippen LogP contribution in [0.15, 0.2) is 65.6 Å². The van der Waals surface area contributed by atoms with Gasteiger partial charge in [-0.05, 0) is 36.4 Å². The highest BCUT2D eigenvalue weighted by atomic mass is 35.5. The highest BCUT2D eigenvalue weighted by Gasteiger charge is 2.33. The molecule has 0 aliphatic rings. The molecular formula is C20H11ClF5NO4S. The molecule has 1 N–H and O–H groups in total. The molecule has 0 aliphatic carbocycles. The van der Waals surface area contributed by atoms with E-state index in [0.29, 0.717) is 18.2 Å². The van der Waals surface area contributed by atoms with Gasteiger partial charge in [-0.15, -0.1) is 0 Å². The van der Waals surface area contributed by atoms with E-state index in [2.05, 4.69) is 0 Å². The predicted molar refractivity (Wildman–Crippen MR) is 104 cm³/mol. The van der Waals surface area contributed by atoms with Gasteiger partial charge >= 0.3 is 6.18 Å². The van der Waals surface area contributed by atoms with Crippen molar-refractivity contribution >= 4 is 27.5 Å². The van der Waals surface area contributed by atoms with Crippen LogP contribution >= 0.6 is 11.6 Å². The van der Waals surface area contributed by atoms with Crippen molar-refractivity contribution in [1.82, 2.24) is 4.72 Å². The SMILES string of the molecule is O=C(NS(=O)(=O)c1ccccc1)c1cc(F)c(Oc2ccc(Cl)c(C(F)(F)F)c2)cc1F. The van der Waals surface area contributed by atoms with Crippen molar-refractivity contribution < 1.29 is 39.9 Å². The van der Waals surface area contributed by atoms with Crippen LogP contribution in [0.25, 0.3) is 0 Å². The molecule has 0 saturated heterocycles. The number of ether oxygens (including phenoxy) is 1. The lowest BCUT2D eigenvalue weighted by Crippen LogP contribution is -2.31. The quantitative estimate of drug-likeness (QED) is 0.475. The van der Waals surface area contributed by atoms with Gasteiger partial charge in [0.1, 0.15) is 11.6 Å². The minimum absolute atomic E-state index is 0.280. The summed E-state index contributed by atoms with van der Waals surface area (Å²) in [4.78, 5) is 11.9. The third-order valence-electron chi connectivity index (χ3n) is 4.02. The van der Waals surface area contributed by atoms with Crippen LogP contribution in [0.4, 0.5) is 22.0 Å². The average molecular weight is 492 g/mol. The Labute approximate surface area is 183 Å². The molecule has 0 fully saturated rings. The maximum atomic E-state index is 14.4. The van der Waals surface area contributed by atoms with Gasteiger partial charge in [0, 0.05) is 6.07 Å². The molecule has 3 aromatic carbocycles. The zero-order chi connectivity index (χ0) is 23.7. The minimum Gasteiger partial charge on any atom is -0.454 e. The number of alkyl halides is 3. The topological polar surface area (TPSA) is 72.5 Å². The van der Waals surface area contributed by atoms with Gasteiger partial charge < -0.3 is 4.74 Å². The molecule has 5 nitrogen and oxygen atoms in total. The molecule has 0 aromatic heterocycles. The van der Waals surface area contributed by atoms with Gasteiger partial charge in [0.25, 0.3) is 15.9 Å². The van der Waals surface area contributed by atoms with Crippen LogP contribution in [-0.2, 0) is 16.2 Å². The summed E-state index contributed by atoms with van der Waals surface area (Å²) in [6.45, 7) is 0. The minimum atomic E-state index is -4.81. The van der Waals surface area contributed by atoms with E-state index in [-0.39, 0.29) is 4.90 Å². The zero-order valence-corrected chi connectivity index (χ0v) is 17.2. The molecule has 0 unspecified atom stereocenters. The number of hydrogen-bond donors (Lipinski definition) is 1. The first-order chi connectivity index (χ1) is 14.9. The molecule has 0 aliphatic heterocycles. The lowest BCUT2D eigenvalue weighted by atomic mass is 10.1. The maximum absolute atomic E-state index is 14.4. The molecule has 3 aromatic rings. The van der Waals surface area contributed by atoms with Crippen molar-refractivity contribution in [3.63, 3.8) is 0 Å². The molecule has 32 heavy (non-hydrogen) atoms. The second-order valence-corrected chi connectivity index (χ2v) is 8.34. The summed E-state index contributed by atoms with van der Waals surface area (Å²) in [7, 11) is -4.36. The largest absolute Gasteiger partial charge is 0.454 e. The molecule has 1 amide bonds. The van der Waals surface area contributed by atoms with E-state index in [1.54, 1.807) is 4.72 Å². The van der Waals surface area contributed by atoms with E-state index in [0.717, 1.165) is 12.1 Å². The molecule has 12 heteroatoms. The van der Waals surface area contributed by atoms with Crippen LogP contribution in [0.5, 0.6) is 11.5 Å². The lowest BCUT2D eigenvalue weighted by Gasteiger charge is -2.13. The number of benzene rings is 3. The van der Waals surface area contributed by atoms with Crippen LogP contribution in [0, 0.1) is 11.6 Å². The Bertz CT molecular complexity index is 1280. The summed E-state index contributed by atoms with van der Waals surface area (Å²) in [5.41, 5.74) is -2.21. The highest BCUT2D eigenvalue weighted by Crippen LogP contribution is 2.38. The summed E-state index contributed by atoms with van der Waals surface area (Å²) < 4.78 is 98.5. The van der Waals surface area contributed by atoms with E-state index in [1.165, 1.54) is 30.3 Å². The Morgan fingerprint density at radius 3 is 2.22 bits per heavy atom. The van der Waals surface area contributed by atoms with Crippen LogP contribution in [-0.4, -0.2) is 14.3 Å². The molecule has 168 valence electrons. The summed E-state index contributed by atoms with van der Waals surface area (Å²) >= 11 is 5.49. The van der Waals surface area contributed by atoms with Crippen molar-refractivity contribution in [1.29, 1.82) is 0 Å². The van der Waals surface area contributed by atoms with Crippen LogP contribution in [0.3, 0.4) is 0 Å². The van der Waals surface area contributed by atoms with Crippen molar-refractivity contribution in [2.24, 2.45) is 0 Å². The third kappa shape index (κ3) is 5.17. The molecule has 0 heterocycles. The Kier molecular flexibility index (Phi) is 6.42. The number of rotatable bonds is 5. The van der Waals surface area contributed by atoms with E-state index in [1.807, 2.05) is 0 Å². The number of amides is 1. The fraction of sp³-hybridized carbons (Fsp3) is 0.0500. The lowest BCUT2D eigenvalue weighted by molar-refractivity contribution is -0.137. The number of carbonyl (C=O) groups is 1. The van der Waals surface area contributed by atoms with E-state index in [9.17, 15) is 35.2 Å². The fourth-order valence-electron chi connectivity index (χ4n) is 2.53. The molecule has 3 rings (SSSR count). The summed E-state index contributed by atoms with van der Waals surface area (Å²) in [6.07, 6.45) is -4.81. The Morgan fingerprint density at radius 1 is 0.938 bits per heavy atom. The van der Waals surface area contributed by atoms with E-state index >= 15 is 0 Å². The summed E-state index contributed by atoms with van der Waals surface area (Å²) in [5.74, 6) is -5.48. The maximum Gasteiger partial charge on any atom is 0.417 e. The Balaban J connectivity index is 1.87. The van der Waals surface area contributed by atoms with Crippen LogP contribution in [0.1, 0.15) is 15.9 Å². The molecular weight excluding hydrogens is 481 g/mol. The van der Waals surface area contributed by atoms with Gasteiger partial charge in [0.05, 0.1) is 21.0 Å². The van der Waals surface area contributed by atoms with Gasteiger partial charge in [-0.1, -0.05) is 29.8 Å². The molecule has 0 atom stereocenters. The standard InChI is InChI=1S/C20H11ClF5NO4S/c21-15-7-6-11(8-14(15)20(24,25)26)31-18-10-16(22)13(9-17(18)23)19(28)27-32(29,30)12-4-2-1-3-5-12/h1-10H,(H,27,28). The average Bonchev–Trinajstić information content (AvgIpc) is 2.71. The molecule has 0 radical (unpaired) electrons. The number of nitrogens with one attached hydrogen (secondary N) is 1. The van der Waals surface area contributed by atoms with E-state index in [4.69, 9.17) is 16.3 Å². The normalized spacial score (nSPS) is 11.8. The fourth-order valence-corrected chi connectivity index (χ4v) is 3.74. The van der Waals surface area contributed by atoms with Crippen molar-refractivity contribution in [2.45, 2.75) is 11.1 Å². The number of sulfonamides is 1. The van der Waals surface area contributed by atoms with Crippen molar-refractivity contribution in [3.05, 3.63) is 88.4 Å². The zero-order valence-electron chi connectivity index (χ0n) is 15.6. The molecule has 0 bridgehead atoms. The number of halogens is 6. The monoisotopic (exact) mass is 491 g/mol.